The van der Waals surface area contributed by atoms with E-state index in [1.54, 1.807) is 0 Å². The van der Waals surface area contributed by atoms with Crippen molar-refractivity contribution in [3.8, 4) is 0 Å². The van der Waals surface area contributed by atoms with E-state index < -0.39 is 0 Å². The molecular formula is C26H40N2S. The number of hydrogen-bond acceptors (Lipinski definition) is 3. The van der Waals surface area contributed by atoms with E-state index in [2.05, 4.69) is 86.6 Å². The number of nitrogens with zero attached hydrogens (tertiary/aromatic N) is 1. The number of benzene rings is 2. The second-order valence-corrected chi connectivity index (χ2v) is 9.02. The van der Waals surface area contributed by atoms with Crippen LogP contribution in [0.2, 0.25) is 0 Å². The summed E-state index contributed by atoms with van der Waals surface area (Å²) >= 11 is 1.98. The number of hydrogen-bond donors (Lipinski definition) is 1. The van der Waals surface area contributed by atoms with E-state index in [4.69, 9.17) is 0 Å². The lowest BCUT2D eigenvalue weighted by Gasteiger charge is -2.19. The molecule has 0 aliphatic carbocycles. The largest absolute Gasteiger partial charge is 0.310 e. The summed E-state index contributed by atoms with van der Waals surface area (Å²) in [5.41, 5.74) is 4.30. The van der Waals surface area contributed by atoms with Gasteiger partial charge in [0.15, 0.2) is 0 Å². The Kier molecular flexibility index (Phi) is 11.5. The zero-order valence-corrected chi connectivity index (χ0v) is 19.7. The van der Waals surface area contributed by atoms with Gasteiger partial charge >= 0.3 is 0 Å². The molecule has 0 aromatic heterocycles. The molecule has 0 spiro atoms. The van der Waals surface area contributed by atoms with E-state index in [0.717, 1.165) is 32.5 Å². The minimum absolute atomic E-state index is 0.465. The van der Waals surface area contributed by atoms with Crippen molar-refractivity contribution >= 4 is 11.8 Å². The van der Waals surface area contributed by atoms with Gasteiger partial charge in [0, 0.05) is 10.9 Å². The third-order valence-electron chi connectivity index (χ3n) is 5.65. The summed E-state index contributed by atoms with van der Waals surface area (Å²) in [5.74, 6) is 1.18. The van der Waals surface area contributed by atoms with Crippen molar-refractivity contribution in [1.29, 1.82) is 0 Å². The molecule has 0 aliphatic rings. The van der Waals surface area contributed by atoms with Gasteiger partial charge in [-0.3, -0.25) is 0 Å². The quantitative estimate of drug-likeness (QED) is 0.287. The van der Waals surface area contributed by atoms with Gasteiger partial charge in [0.1, 0.15) is 0 Å². The first-order chi connectivity index (χ1) is 14.2. The maximum absolute atomic E-state index is 3.73. The third-order valence-corrected chi connectivity index (χ3v) is 6.75. The Labute approximate surface area is 183 Å². The zero-order chi connectivity index (χ0) is 20.9. The standard InChI is InChI=1S/C26H40N2S/c1-5-22-11-13-23(14-12-22)10-8-21-29-25-17-15-24(16-18-25)26(6-2)27-19-9-20-28(4)7-3/h11-18,26-27H,5-10,19-21H2,1-4H3. The fourth-order valence-electron chi connectivity index (χ4n) is 3.49. The molecule has 0 heterocycles. The molecule has 0 saturated heterocycles. The van der Waals surface area contributed by atoms with Crippen LogP contribution in [0.15, 0.2) is 53.4 Å². The Morgan fingerprint density at radius 2 is 1.59 bits per heavy atom. The van der Waals surface area contributed by atoms with E-state index in [1.165, 1.54) is 46.6 Å². The van der Waals surface area contributed by atoms with Crippen molar-refractivity contribution in [3.05, 3.63) is 65.2 Å². The number of nitrogens with one attached hydrogen (secondary N) is 1. The molecule has 1 N–H and O–H groups in total. The highest BCUT2D eigenvalue weighted by Gasteiger charge is 2.08. The highest BCUT2D eigenvalue weighted by molar-refractivity contribution is 7.99. The summed E-state index contributed by atoms with van der Waals surface area (Å²) in [6, 6.07) is 18.8. The molecule has 160 valence electrons. The van der Waals surface area contributed by atoms with Crippen molar-refractivity contribution < 1.29 is 0 Å². The van der Waals surface area contributed by atoms with Gasteiger partial charge in [-0.1, -0.05) is 57.2 Å². The third kappa shape index (κ3) is 8.94. The van der Waals surface area contributed by atoms with E-state index in [-0.39, 0.29) is 0 Å². The van der Waals surface area contributed by atoms with Gasteiger partial charge in [-0.15, -0.1) is 11.8 Å². The second-order valence-electron chi connectivity index (χ2n) is 7.86. The minimum Gasteiger partial charge on any atom is -0.310 e. The molecule has 2 nitrogen and oxygen atoms in total. The molecule has 0 aliphatic heterocycles. The molecule has 3 heteroatoms. The van der Waals surface area contributed by atoms with Gasteiger partial charge < -0.3 is 10.2 Å². The first-order valence-electron chi connectivity index (χ1n) is 11.4. The number of thioether (sulfide) groups is 1. The first-order valence-corrected chi connectivity index (χ1v) is 12.4. The van der Waals surface area contributed by atoms with Crippen LogP contribution in [0.3, 0.4) is 0 Å². The molecule has 0 amide bonds. The molecule has 2 aromatic carbocycles. The molecule has 2 aromatic rings. The first kappa shape index (κ1) is 24.0. The average molecular weight is 413 g/mol. The van der Waals surface area contributed by atoms with Crippen molar-refractivity contribution in [3.63, 3.8) is 0 Å². The van der Waals surface area contributed by atoms with Crippen LogP contribution in [0.25, 0.3) is 0 Å². The summed E-state index contributed by atoms with van der Waals surface area (Å²) in [6.45, 7) is 10.1. The van der Waals surface area contributed by atoms with Crippen LogP contribution in [0.1, 0.15) is 62.8 Å². The summed E-state index contributed by atoms with van der Waals surface area (Å²) in [5, 5.41) is 3.73. The normalized spacial score (nSPS) is 12.4. The Balaban J connectivity index is 1.70. The number of aryl methyl sites for hydroxylation is 2. The Morgan fingerprint density at radius 3 is 2.21 bits per heavy atom. The van der Waals surface area contributed by atoms with Gasteiger partial charge in [0.25, 0.3) is 0 Å². The molecule has 2 rings (SSSR count). The molecule has 0 bridgehead atoms. The molecule has 0 radical (unpaired) electrons. The maximum Gasteiger partial charge on any atom is 0.0317 e. The van der Waals surface area contributed by atoms with Gasteiger partial charge in [-0.05, 0) is 93.4 Å². The fourth-order valence-corrected chi connectivity index (χ4v) is 4.34. The Morgan fingerprint density at radius 1 is 0.897 bits per heavy atom. The summed E-state index contributed by atoms with van der Waals surface area (Å²) in [6.07, 6.45) is 5.85. The average Bonchev–Trinajstić information content (AvgIpc) is 2.77. The fraction of sp³-hybridized carbons (Fsp3) is 0.538. The number of rotatable bonds is 14. The minimum atomic E-state index is 0.465. The lowest BCUT2D eigenvalue weighted by atomic mass is 10.0. The van der Waals surface area contributed by atoms with Gasteiger partial charge in [0.2, 0.25) is 0 Å². The van der Waals surface area contributed by atoms with E-state index >= 15 is 0 Å². The highest BCUT2D eigenvalue weighted by atomic mass is 32.2. The van der Waals surface area contributed by atoms with Gasteiger partial charge in [-0.25, -0.2) is 0 Å². The molecular weight excluding hydrogens is 372 g/mol. The van der Waals surface area contributed by atoms with Crippen LogP contribution >= 0.6 is 11.8 Å². The van der Waals surface area contributed by atoms with Gasteiger partial charge in [-0.2, -0.15) is 0 Å². The molecule has 1 unspecified atom stereocenters. The van der Waals surface area contributed by atoms with Crippen molar-refractivity contribution in [2.75, 3.05) is 32.4 Å². The van der Waals surface area contributed by atoms with E-state index in [0.29, 0.717) is 6.04 Å². The smallest absolute Gasteiger partial charge is 0.0317 e. The Hall–Kier alpha value is -1.29. The highest BCUT2D eigenvalue weighted by Crippen LogP contribution is 2.23. The Bertz CT molecular complexity index is 666. The zero-order valence-electron chi connectivity index (χ0n) is 18.9. The van der Waals surface area contributed by atoms with Crippen LogP contribution in [-0.4, -0.2) is 37.3 Å². The lowest BCUT2D eigenvalue weighted by molar-refractivity contribution is 0.339. The molecule has 1 atom stereocenters. The maximum atomic E-state index is 3.73. The van der Waals surface area contributed by atoms with E-state index in [9.17, 15) is 0 Å². The summed E-state index contributed by atoms with van der Waals surface area (Å²) in [4.78, 5) is 3.75. The van der Waals surface area contributed by atoms with E-state index in [1.807, 2.05) is 11.8 Å². The monoisotopic (exact) mass is 412 g/mol. The topological polar surface area (TPSA) is 15.3 Å². The van der Waals surface area contributed by atoms with Crippen LogP contribution in [0.5, 0.6) is 0 Å². The summed E-state index contributed by atoms with van der Waals surface area (Å²) < 4.78 is 0. The van der Waals surface area contributed by atoms with Gasteiger partial charge in [0.05, 0.1) is 0 Å². The van der Waals surface area contributed by atoms with Crippen LogP contribution in [0, 0.1) is 0 Å². The van der Waals surface area contributed by atoms with Crippen LogP contribution in [0.4, 0.5) is 0 Å². The van der Waals surface area contributed by atoms with Crippen molar-refractivity contribution in [2.45, 2.75) is 63.8 Å². The van der Waals surface area contributed by atoms with Crippen molar-refractivity contribution in [2.24, 2.45) is 0 Å². The van der Waals surface area contributed by atoms with Crippen LogP contribution < -0.4 is 5.32 Å². The van der Waals surface area contributed by atoms with Crippen LogP contribution in [-0.2, 0) is 12.8 Å². The lowest BCUT2D eigenvalue weighted by Crippen LogP contribution is -2.26. The predicted octanol–water partition coefficient (Wildman–Crippen LogP) is 6.36. The second kappa shape index (κ2) is 13.8. The molecule has 29 heavy (non-hydrogen) atoms. The molecule has 0 saturated carbocycles. The van der Waals surface area contributed by atoms with Crippen molar-refractivity contribution in [1.82, 2.24) is 10.2 Å². The SMILES string of the molecule is CCc1ccc(CCCSc2ccc(C(CC)NCCCN(C)CC)cc2)cc1. The summed E-state index contributed by atoms with van der Waals surface area (Å²) in [7, 11) is 2.19. The molecule has 0 fully saturated rings. The predicted molar refractivity (Wildman–Crippen MR) is 130 cm³/mol.